The Kier molecular flexibility index (Phi) is 3.09. The smallest absolute Gasteiger partial charge is 0.217 e. The molecule has 0 saturated carbocycles. The zero-order valence-electron chi connectivity index (χ0n) is 7.63. The molecule has 0 bridgehead atoms. The first-order chi connectivity index (χ1) is 5.70. The molecule has 0 radical (unpaired) electrons. The SMILES string of the molecule is CC(=O)N[C@H](C)C1=CC=CCC1. The highest BCUT2D eigenvalue weighted by molar-refractivity contribution is 5.73. The molecule has 0 heterocycles. The maximum absolute atomic E-state index is 10.7. The van der Waals surface area contributed by atoms with Crippen LogP contribution in [0.25, 0.3) is 0 Å². The van der Waals surface area contributed by atoms with Crippen molar-refractivity contribution in [2.45, 2.75) is 32.7 Å². The van der Waals surface area contributed by atoms with Gasteiger partial charge in [0.15, 0.2) is 0 Å². The first kappa shape index (κ1) is 9.04. The molecule has 0 fully saturated rings. The van der Waals surface area contributed by atoms with E-state index in [4.69, 9.17) is 0 Å². The lowest BCUT2D eigenvalue weighted by molar-refractivity contribution is -0.119. The molecule has 0 spiro atoms. The number of hydrogen-bond acceptors (Lipinski definition) is 1. The summed E-state index contributed by atoms with van der Waals surface area (Å²) in [6.07, 6.45) is 8.44. The predicted octanol–water partition coefficient (Wildman–Crippen LogP) is 1.79. The molecule has 0 aromatic heterocycles. The van der Waals surface area contributed by atoms with Crippen LogP contribution in [0.4, 0.5) is 0 Å². The van der Waals surface area contributed by atoms with Gasteiger partial charge in [-0.2, -0.15) is 0 Å². The van der Waals surface area contributed by atoms with Crippen molar-refractivity contribution < 1.29 is 4.79 Å². The van der Waals surface area contributed by atoms with E-state index in [0.717, 1.165) is 12.8 Å². The third kappa shape index (κ3) is 2.53. The molecular weight excluding hydrogens is 150 g/mol. The monoisotopic (exact) mass is 165 g/mol. The summed E-state index contributed by atoms with van der Waals surface area (Å²) in [4.78, 5) is 10.7. The second kappa shape index (κ2) is 4.10. The van der Waals surface area contributed by atoms with E-state index in [9.17, 15) is 4.79 Å². The Balaban J connectivity index is 2.51. The van der Waals surface area contributed by atoms with Gasteiger partial charge in [-0.05, 0) is 25.3 Å². The first-order valence-corrected chi connectivity index (χ1v) is 4.33. The number of amides is 1. The molecule has 0 saturated heterocycles. The number of nitrogens with one attached hydrogen (secondary N) is 1. The Morgan fingerprint density at radius 1 is 1.67 bits per heavy atom. The van der Waals surface area contributed by atoms with Gasteiger partial charge in [0.25, 0.3) is 0 Å². The minimum absolute atomic E-state index is 0.0398. The van der Waals surface area contributed by atoms with Gasteiger partial charge >= 0.3 is 0 Å². The van der Waals surface area contributed by atoms with Crippen molar-refractivity contribution in [1.29, 1.82) is 0 Å². The van der Waals surface area contributed by atoms with Crippen molar-refractivity contribution in [3.63, 3.8) is 0 Å². The molecule has 1 N–H and O–H groups in total. The normalized spacial score (nSPS) is 18.3. The Labute approximate surface area is 73.4 Å². The highest BCUT2D eigenvalue weighted by Gasteiger charge is 2.09. The molecule has 1 aliphatic rings. The van der Waals surface area contributed by atoms with E-state index in [0.29, 0.717) is 0 Å². The summed E-state index contributed by atoms with van der Waals surface area (Å²) >= 11 is 0. The first-order valence-electron chi connectivity index (χ1n) is 4.33. The number of allylic oxidation sites excluding steroid dienone is 3. The lowest BCUT2D eigenvalue weighted by atomic mass is 9.99. The highest BCUT2D eigenvalue weighted by Crippen LogP contribution is 2.14. The molecule has 66 valence electrons. The van der Waals surface area contributed by atoms with Gasteiger partial charge in [-0.25, -0.2) is 0 Å². The van der Waals surface area contributed by atoms with Crippen molar-refractivity contribution in [3.05, 3.63) is 23.8 Å². The Morgan fingerprint density at radius 3 is 2.92 bits per heavy atom. The highest BCUT2D eigenvalue weighted by atomic mass is 16.1. The summed E-state index contributed by atoms with van der Waals surface area (Å²) in [5.74, 6) is 0.0398. The van der Waals surface area contributed by atoms with Crippen LogP contribution in [0.3, 0.4) is 0 Å². The van der Waals surface area contributed by atoms with Crippen LogP contribution in [-0.2, 0) is 4.79 Å². The average Bonchev–Trinajstić information content (AvgIpc) is 2.05. The number of rotatable bonds is 2. The molecule has 1 atom stereocenters. The third-order valence-electron chi connectivity index (χ3n) is 2.02. The van der Waals surface area contributed by atoms with Crippen molar-refractivity contribution in [1.82, 2.24) is 5.32 Å². The lowest BCUT2D eigenvalue weighted by Crippen LogP contribution is -2.32. The second-order valence-electron chi connectivity index (χ2n) is 3.13. The van der Waals surface area contributed by atoms with Gasteiger partial charge in [-0.3, -0.25) is 4.79 Å². The summed E-state index contributed by atoms with van der Waals surface area (Å²) in [5.41, 5.74) is 1.31. The van der Waals surface area contributed by atoms with Gasteiger partial charge in [0.1, 0.15) is 0 Å². The predicted molar refractivity (Wildman–Crippen MR) is 49.7 cm³/mol. The number of carbonyl (C=O) groups is 1. The van der Waals surface area contributed by atoms with Gasteiger partial charge in [0, 0.05) is 13.0 Å². The van der Waals surface area contributed by atoms with Gasteiger partial charge in [-0.1, -0.05) is 18.2 Å². The van der Waals surface area contributed by atoms with Crippen LogP contribution in [0.5, 0.6) is 0 Å². The number of hydrogen-bond donors (Lipinski definition) is 1. The van der Waals surface area contributed by atoms with Gasteiger partial charge in [-0.15, -0.1) is 0 Å². The Hall–Kier alpha value is -1.05. The van der Waals surface area contributed by atoms with Crippen molar-refractivity contribution in [2.75, 3.05) is 0 Å². The second-order valence-corrected chi connectivity index (χ2v) is 3.13. The molecule has 0 aliphatic heterocycles. The van der Waals surface area contributed by atoms with Crippen LogP contribution in [0, 0.1) is 0 Å². The molecule has 2 nitrogen and oxygen atoms in total. The quantitative estimate of drug-likeness (QED) is 0.664. The molecule has 1 amide bonds. The fraction of sp³-hybridized carbons (Fsp3) is 0.500. The molecular formula is C10H15NO. The van der Waals surface area contributed by atoms with Crippen molar-refractivity contribution >= 4 is 5.91 Å². The summed E-state index contributed by atoms with van der Waals surface area (Å²) < 4.78 is 0. The largest absolute Gasteiger partial charge is 0.350 e. The van der Waals surface area contributed by atoms with E-state index in [1.165, 1.54) is 5.57 Å². The fourth-order valence-corrected chi connectivity index (χ4v) is 1.38. The summed E-state index contributed by atoms with van der Waals surface area (Å²) in [5, 5.41) is 2.87. The van der Waals surface area contributed by atoms with Crippen LogP contribution in [0.2, 0.25) is 0 Å². The minimum Gasteiger partial charge on any atom is -0.350 e. The third-order valence-corrected chi connectivity index (χ3v) is 2.02. The summed E-state index contributed by atoms with van der Waals surface area (Å²) in [6.45, 7) is 3.57. The zero-order valence-corrected chi connectivity index (χ0v) is 7.63. The molecule has 0 unspecified atom stereocenters. The van der Waals surface area contributed by atoms with Crippen LogP contribution in [0.15, 0.2) is 23.8 Å². The molecule has 2 heteroatoms. The van der Waals surface area contributed by atoms with E-state index in [1.807, 2.05) is 6.92 Å². The Bertz CT molecular complexity index is 228. The molecule has 0 aromatic carbocycles. The van der Waals surface area contributed by atoms with Gasteiger partial charge in [0.2, 0.25) is 5.91 Å². The van der Waals surface area contributed by atoms with E-state index in [2.05, 4.69) is 23.5 Å². The lowest BCUT2D eigenvalue weighted by Gasteiger charge is -2.17. The maximum atomic E-state index is 10.7. The van der Waals surface area contributed by atoms with Gasteiger partial charge in [0.05, 0.1) is 0 Å². The fourth-order valence-electron chi connectivity index (χ4n) is 1.38. The van der Waals surface area contributed by atoms with Crippen LogP contribution in [-0.4, -0.2) is 11.9 Å². The van der Waals surface area contributed by atoms with Crippen molar-refractivity contribution in [2.24, 2.45) is 0 Å². The van der Waals surface area contributed by atoms with Crippen molar-refractivity contribution in [3.8, 4) is 0 Å². The minimum atomic E-state index is 0.0398. The van der Waals surface area contributed by atoms with Crippen LogP contribution < -0.4 is 5.32 Å². The van der Waals surface area contributed by atoms with Gasteiger partial charge < -0.3 is 5.32 Å². The number of carbonyl (C=O) groups excluding carboxylic acids is 1. The van der Waals surface area contributed by atoms with Crippen LogP contribution >= 0.6 is 0 Å². The average molecular weight is 165 g/mol. The molecule has 12 heavy (non-hydrogen) atoms. The van der Waals surface area contributed by atoms with Crippen LogP contribution in [0.1, 0.15) is 26.7 Å². The van der Waals surface area contributed by atoms with E-state index < -0.39 is 0 Å². The van der Waals surface area contributed by atoms with E-state index in [-0.39, 0.29) is 11.9 Å². The topological polar surface area (TPSA) is 29.1 Å². The summed E-state index contributed by atoms with van der Waals surface area (Å²) in [6, 6.07) is 0.187. The van der Waals surface area contributed by atoms with E-state index >= 15 is 0 Å². The summed E-state index contributed by atoms with van der Waals surface area (Å²) in [7, 11) is 0. The Morgan fingerprint density at radius 2 is 2.42 bits per heavy atom. The molecule has 0 aromatic rings. The maximum Gasteiger partial charge on any atom is 0.217 e. The van der Waals surface area contributed by atoms with E-state index in [1.54, 1.807) is 6.92 Å². The molecule has 1 aliphatic carbocycles. The molecule has 1 rings (SSSR count). The zero-order chi connectivity index (χ0) is 8.97. The standard InChI is InChI=1S/C10H15NO/c1-8(11-9(2)12)10-6-4-3-5-7-10/h3-4,6,8H,5,7H2,1-2H3,(H,11,12)/t8-/m1/s1.